The zero-order valence-electron chi connectivity index (χ0n) is 17.7. The van der Waals surface area contributed by atoms with Gasteiger partial charge in [-0.3, -0.25) is 10.1 Å². The summed E-state index contributed by atoms with van der Waals surface area (Å²) >= 11 is 0. The number of pyridine rings is 1. The molecule has 1 atom stereocenters. The fraction of sp³-hybridized carbons (Fsp3) is 0.435. The van der Waals surface area contributed by atoms with Crippen molar-refractivity contribution in [1.29, 1.82) is 5.26 Å². The van der Waals surface area contributed by atoms with E-state index in [1.807, 2.05) is 38.1 Å². The van der Waals surface area contributed by atoms with Crippen LogP contribution < -0.4 is 10.6 Å². The first kappa shape index (κ1) is 21.7. The molecule has 2 N–H and O–H groups in total. The number of carbonyl (C=O) groups excluding carboxylic acids is 1. The molecule has 2 aromatic rings. The number of alkyl halides is 1. The van der Waals surface area contributed by atoms with Gasteiger partial charge in [-0.25, -0.2) is 9.37 Å². The van der Waals surface area contributed by atoms with E-state index >= 15 is 4.39 Å². The molecule has 0 spiro atoms. The van der Waals surface area contributed by atoms with Crippen LogP contribution in [0.1, 0.15) is 40.0 Å². The minimum atomic E-state index is -1.69. The Morgan fingerprint density at radius 2 is 1.90 bits per heavy atom. The van der Waals surface area contributed by atoms with Crippen molar-refractivity contribution in [2.75, 3.05) is 25.5 Å². The van der Waals surface area contributed by atoms with E-state index < -0.39 is 11.7 Å². The zero-order chi connectivity index (χ0) is 21.7. The highest BCUT2D eigenvalue weighted by Crippen LogP contribution is 2.31. The number of benzene rings is 1. The van der Waals surface area contributed by atoms with Gasteiger partial charge in [-0.2, -0.15) is 5.26 Å². The first-order chi connectivity index (χ1) is 14.4. The maximum absolute atomic E-state index is 15.6. The number of nitrogens with zero attached hydrogens (tertiary/aromatic N) is 3. The highest BCUT2D eigenvalue weighted by atomic mass is 19.1. The quantitative estimate of drug-likeness (QED) is 0.765. The summed E-state index contributed by atoms with van der Waals surface area (Å²) in [6, 6.07) is 12.3. The molecule has 1 aromatic heterocycles. The number of amides is 1. The molecule has 0 aliphatic carbocycles. The third-order valence-electron chi connectivity index (χ3n) is 5.71. The lowest BCUT2D eigenvalue weighted by molar-refractivity contribution is 0.0330. The predicted octanol–water partition coefficient (Wildman–Crippen LogP) is 3.37. The van der Waals surface area contributed by atoms with E-state index in [1.165, 1.54) is 0 Å². The van der Waals surface area contributed by atoms with Gasteiger partial charge in [0.2, 0.25) is 0 Å². The van der Waals surface area contributed by atoms with Crippen LogP contribution in [0.3, 0.4) is 0 Å². The van der Waals surface area contributed by atoms with Crippen molar-refractivity contribution in [2.24, 2.45) is 0 Å². The monoisotopic (exact) mass is 409 g/mol. The van der Waals surface area contributed by atoms with Crippen molar-refractivity contribution in [2.45, 2.75) is 44.9 Å². The lowest BCUT2D eigenvalue weighted by Gasteiger charge is -2.39. The number of piperidine rings is 1. The van der Waals surface area contributed by atoms with E-state index in [4.69, 9.17) is 0 Å². The van der Waals surface area contributed by atoms with E-state index in [1.54, 1.807) is 24.1 Å². The van der Waals surface area contributed by atoms with Crippen LogP contribution in [0.2, 0.25) is 0 Å². The van der Waals surface area contributed by atoms with Crippen LogP contribution >= 0.6 is 0 Å². The van der Waals surface area contributed by atoms with Crippen molar-refractivity contribution in [3.63, 3.8) is 0 Å². The largest absolute Gasteiger partial charge is 0.373 e. The average Bonchev–Trinajstić information content (AvgIpc) is 2.75. The van der Waals surface area contributed by atoms with Gasteiger partial charge in [-0.1, -0.05) is 23.8 Å². The molecular formula is C23H28FN5O. The number of aryl methyl sites for hydroxylation is 2. The summed E-state index contributed by atoms with van der Waals surface area (Å²) in [6.45, 7) is 4.79. The molecule has 1 saturated heterocycles. The van der Waals surface area contributed by atoms with Crippen LogP contribution in [0.25, 0.3) is 0 Å². The molecule has 1 unspecified atom stereocenters. The molecule has 0 bridgehead atoms. The number of aromatic nitrogens is 1. The average molecular weight is 410 g/mol. The van der Waals surface area contributed by atoms with E-state index in [0.29, 0.717) is 12.1 Å². The Kier molecular flexibility index (Phi) is 6.68. The molecule has 6 nitrogen and oxygen atoms in total. The summed E-state index contributed by atoms with van der Waals surface area (Å²) in [5, 5.41) is 15.6. The maximum atomic E-state index is 15.6. The van der Waals surface area contributed by atoms with Crippen LogP contribution in [0.15, 0.2) is 36.4 Å². The Hall–Kier alpha value is -2.98. The van der Waals surface area contributed by atoms with Crippen molar-refractivity contribution in [1.82, 2.24) is 15.2 Å². The van der Waals surface area contributed by atoms with Gasteiger partial charge in [0.25, 0.3) is 5.91 Å². The van der Waals surface area contributed by atoms with Gasteiger partial charge in [0.05, 0.1) is 11.8 Å². The molecule has 7 heteroatoms. The van der Waals surface area contributed by atoms with Crippen molar-refractivity contribution < 1.29 is 9.18 Å². The molecule has 2 heterocycles. The normalized spacial score (nSPS) is 16.6. The third-order valence-corrected chi connectivity index (χ3v) is 5.71. The van der Waals surface area contributed by atoms with Crippen LogP contribution in [-0.2, 0) is 6.54 Å². The molecule has 30 heavy (non-hydrogen) atoms. The first-order valence-corrected chi connectivity index (χ1v) is 10.2. The SMILES string of the molecule is CNc1nc(CNC(C#N)C2(F)CCN(C(=O)c3ccc(C)cc3)CC2)ccc1C. The summed E-state index contributed by atoms with van der Waals surface area (Å²) in [5.41, 5.74) is 1.76. The van der Waals surface area contributed by atoms with E-state index in [2.05, 4.69) is 21.7 Å². The molecule has 1 amide bonds. The number of likely N-dealkylation sites (tertiary alicyclic amines) is 1. The van der Waals surface area contributed by atoms with Gasteiger partial charge in [-0.15, -0.1) is 0 Å². The summed E-state index contributed by atoms with van der Waals surface area (Å²) in [7, 11) is 1.80. The second-order valence-electron chi connectivity index (χ2n) is 7.85. The third kappa shape index (κ3) is 4.77. The van der Waals surface area contributed by atoms with Gasteiger partial charge < -0.3 is 10.2 Å². The molecule has 158 valence electrons. The summed E-state index contributed by atoms with van der Waals surface area (Å²) < 4.78 is 15.6. The summed E-state index contributed by atoms with van der Waals surface area (Å²) in [4.78, 5) is 18.8. The highest BCUT2D eigenvalue weighted by Gasteiger charge is 2.43. The standard InChI is InChI=1S/C23H28FN5O/c1-16-4-7-18(8-5-16)22(30)29-12-10-23(24,11-13-29)20(14-25)27-15-19-9-6-17(2)21(26-3)28-19/h4-9,20,27H,10-13,15H2,1-3H3,(H,26,28). The summed E-state index contributed by atoms with van der Waals surface area (Å²) in [6.07, 6.45) is 0.248. The van der Waals surface area contributed by atoms with Crippen LogP contribution in [0.4, 0.5) is 10.2 Å². The highest BCUT2D eigenvalue weighted by molar-refractivity contribution is 5.94. The minimum absolute atomic E-state index is 0.0954. The van der Waals surface area contributed by atoms with E-state index in [-0.39, 0.29) is 31.8 Å². The number of hydrogen-bond donors (Lipinski definition) is 2. The molecule has 3 rings (SSSR count). The smallest absolute Gasteiger partial charge is 0.253 e. The number of hydrogen-bond acceptors (Lipinski definition) is 5. The Morgan fingerprint density at radius 1 is 1.23 bits per heavy atom. The lowest BCUT2D eigenvalue weighted by atomic mass is 9.86. The number of rotatable bonds is 6. The van der Waals surface area contributed by atoms with Crippen LogP contribution in [-0.4, -0.2) is 47.6 Å². The molecule has 0 radical (unpaired) electrons. The first-order valence-electron chi connectivity index (χ1n) is 10.2. The van der Waals surface area contributed by atoms with Gasteiger partial charge in [0.15, 0.2) is 0 Å². The van der Waals surface area contributed by atoms with Gasteiger partial charge in [0.1, 0.15) is 17.5 Å². The fourth-order valence-electron chi connectivity index (χ4n) is 3.72. The maximum Gasteiger partial charge on any atom is 0.253 e. The van der Waals surface area contributed by atoms with Gasteiger partial charge >= 0.3 is 0 Å². The van der Waals surface area contributed by atoms with Crippen molar-refractivity contribution >= 4 is 11.7 Å². The number of nitriles is 1. The van der Waals surface area contributed by atoms with Gasteiger partial charge in [0, 0.05) is 45.1 Å². The Balaban J connectivity index is 1.60. The molecular weight excluding hydrogens is 381 g/mol. The molecule has 1 fully saturated rings. The van der Waals surface area contributed by atoms with E-state index in [9.17, 15) is 10.1 Å². The molecule has 1 aliphatic heterocycles. The Labute approximate surface area is 177 Å². The second kappa shape index (κ2) is 9.23. The van der Waals surface area contributed by atoms with Gasteiger partial charge in [-0.05, 0) is 37.6 Å². The number of halogens is 1. The second-order valence-corrected chi connectivity index (χ2v) is 7.85. The molecule has 0 saturated carbocycles. The topological polar surface area (TPSA) is 81.1 Å². The van der Waals surface area contributed by atoms with Crippen molar-refractivity contribution in [3.8, 4) is 6.07 Å². The van der Waals surface area contributed by atoms with Crippen LogP contribution in [0.5, 0.6) is 0 Å². The van der Waals surface area contributed by atoms with Crippen molar-refractivity contribution in [3.05, 3.63) is 58.8 Å². The van der Waals surface area contributed by atoms with E-state index in [0.717, 1.165) is 22.6 Å². The number of nitrogens with one attached hydrogen (secondary N) is 2. The Morgan fingerprint density at radius 3 is 2.50 bits per heavy atom. The van der Waals surface area contributed by atoms with Crippen LogP contribution in [0, 0.1) is 25.2 Å². The zero-order valence-corrected chi connectivity index (χ0v) is 17.7. The Bertz CT molecular complexity index is 930. The summed E-state index contributed by atoms with van der Waals surface area (Å²) in [5.74, 6) is 0.669. The number of carbonyl (C=O) groups is 1. The fourth-order valence-corrected chi connectivity index (χ4v) is 3.72. The minimum Gasteiger partial charge on any atom is -0.373 e. The number of anilines is 1. The molecule has 1 aliphatic rings. The molecule has 1 aromatic carbocycles. The predicted molar refractivity (Wildman–Crippen MR) is 115 cm³/mol. The lowest BCUT2D eigenvalue weighted by Crippen LogP contribution is -2.54.